The highest BCUT2D eigenvalue weighted by molar-refractivity contribution is 5.87. The van der Waals surface area contributed by atoms with Crippen molar-refractivity contribution in [2.24, 2.45) is 0 Å². The summed E-state index contributed by atoms with van der Waals surface area (Å²) in [6.07, 6.45) is 1.31. The molecule has 0 saturated carbocycles. The van der Waals surface area contributed by atoms with E-state index in [1.807, 2.05) is 31.2 Å². The summed E-state index contributed by atoms with van der Waals surface area (Å²) < 4.78 is 0. The van der Waals surface area contributed by atoms with E-state index >= 15 is 0 Å². The molecule has 2 N–H and O–H groups in total. The van der Waals surface area contributed by atoms with Crippen LogP contribution >= 0.6 is 0 Å². The number of aromatic carboxylic acids is 1. The van der Waals surface area contributed by atoms with Crippen LogP contribution in [-0.2, 0) is 19.4 Å². The fourth-order valence-electron chi connectivity index (χ4n) is 2.54. The van der Waals surface area contributed by atoms with E-state index in [-0.39, 0.29) is 5.69 Å². The predicted octanol–water partition coefficient (Wildman–Crippen LogP) is 1.72. The number of aryl methyl sites for hydroxylation is 1. The van der Waals surface area contributed by atoms with E-state index in [0.29, 0.717) is 18.8 Å². The van der Waals surface area contributed by atoms with Gasteiger partial charge in [-0.25, -0.2) is 14.8 Å². The topological polar surface area (TPSA) is 75.1 Å². The average Bonchev–Trinajstić information content (AvgIpc) is 2.48. The molecule has 1 aromatic carbocycles. The first-order valence-electron chi connectivity index (χ1n) is 7.01. The van der Waals surface area contributed by atoms with Gasteiger partial charge >= 0.3 is 5.97 Å². The van der Waals surface area contributed by atoms with E-state index in [0.717, 1.165) is 29.8 Å². The maximum atomic E-state index is 11.4. The van der Waals surface area contributed by atoms with Gasteiger partial charge in [0.2, 0.25) is 0 Å². The molecule has 0 unspecified atom stereocenters. The van der Waals surface area contributed by atoms with E-state index < -0.39 is 5.97 Å². The summed E-state index contributed by atoms with van der Waals surface area (Å²) in [7, 11) is 0. The number of carboxylic acids is 1. The SMILES string of the molecule is Cc1ccc(Cc2nc3c(c(C(=O)O)n2)CNCC3)cc1. The van der Waals surface area contributed by atoms with Crippen LogP contribution in [0.3, 0.4) is 0 Å². The van der Waals surface area contributed by atoms with E-state index in [1.165, 1.54) is 5.56 Å². The van der Waals surface area contributed by atoms with Crippen molar-refractivity contribution < 1.29 is 9.90 Å². The van der Waals surface area contributed by atoms with Crippen molar-refractivity contribution >= 4 is 5.97 Å². The van der Waals surface area contributed by atoms with Gasteiger partial charge in [-0.2, -0.15) is 0 Å². The third-order valence-corrected chi connectivity index (χ3v) is 3.66. The van der Waals surface area contributed by atoms with Gasteiger partial charge in [0.15, 0.2) is 5.69 Å². The second kappa shape index (κ2) is 5.61. The molecule has 0 spiro atoms. The van der Waals surface area contributed by atoms with E-state index in [1.54, 1.807) is 0 Å². The summed E-state index contributed by atoms with van der Waals surface area (Å²) in [6, 6.07) is 8.13. The molecule has 0 radical (unpaired) electrons. The number of aromatic nitrogens is 2. The van der Waals surface area contributed by atoms with E-state index in [2.05, 4.69) is 15.3 Å². The zero-order valence-electron chi connectivity index (χ0n) is 11.9. The van der Waals surface area contributed by atoms with Gasteiger partial charge in [0.05, 0.1) is 5.69 Å². The average molecular weight is 283 g/mol. The Bertz CT molecular complexity index is 681. The van der Waals surface area contributed by atoms with E-state index in [4.69, 9.17) is 0 Å². The summed E-state index contributed by atoms with van der Waals surface area (Å²) in [6.45, 7) is 3.39. The summed E-state index contributed by atoms with van der Waals surface area (Å²) >= 11 is 0. The first-order valence-corrected chi connectivity index (χ1v) is 7.01. The van der Waals surface area contributed by atoms with E-state index in [9.17, 15) is 9.90 Å². The lowest BCUT2D eigenvalue weighted by Crippen LogP contribution is -2.28. The van der Waals surface area contributed by atoms with Crippen LogP contribution in [0.5, 0.6) is 0 Å². The number of carbonyl (C=O) groups is 1. The first kappa shape index (κ1) is 13.7. The number of hydrogen-bond acceptors (Lipinski definition) is 4. The molecule has 1 aliphatic heterocycles. The number of nitrogens with zero attached hydrogens (tertiary/aromatic N) is 2. The lowest BCUT2D eigenvalue weighted by atomic mass is 10.0. The molecule has 1 aliphatic rings. The minimum atomic E-state index is -0.984. The van der Waals surface area contributed by atoms with Crippen LogP contribution in [0.15, 0.2) is 24.3 Å². The lowest BCUT2D eigenvalue weighted by molar-refractivity contribution is 0.0688. The molecule has 1 aromatic heterocycles. The zero-order valence-corrected chi connectivity index (χ0v) is 11.9. The van der Waals surface area contributed by atoms with Crippen LogP contribution in [-0.4, -0.2) is 27.6 Å². The Morgan fingerprint density at radius 3 is 2.76 bits per heavy atom. The third-order valence-electron chi connectivity index (χ3n) is 3.66. The highest BCUT2D eigenvalue weighted by atomic mass is 16.4. The maximum absolute atomic E-state index is 11.4. The van der Waals surface area contributed by atoms with Crippen molar-refractivity contribution in [2.45, 2.75) is 26.3 Å². The van der Waals surface area contributed by atoms with Crippen LogP contribution in [0.1, 0.15) is 38.7 Å². The van der Waals surface area contributed by atoms with Crippen LogP contribution in [0, 0.1) is 6.92 Å². The molecule has 21 heavy (non-hydrogen) atoms. The maximum Gasteiger partial charge on any atom is 0.354 e. The summed E-state index contributed by atoms with van der Waals surface area (Å²) in [5.74, 6) is -0.403. The van der Waals surface area contributed by atoms with Gasteiger partial charge < -0.3 is 10.4 Å². The first-order chi connectivity index (χ1) is 10.1. The summed E-state index contributed by atoms with van der Waals surface area (Å²) in [5.41, 5.74) is 4.01. The molecular formula is C16H17N3O2. The number of fused-ring (bicyclic) bond motifs is 1. The number of hydrogen-bond donors (Lipinski definition) is 2. The third kappa shape index (κ3) is 2.92. The minimum Gasteiger partial charge on any atom is -0.476 e. The van der Waals surface area contributed by atoms with Gasteiger partial charge in [-0.3, -0.25) is 0 Å². The standard InChI is InChI=1S/C16H17N3O2/c1-10-2-4-11(5-3-10)8-14-18-13-6-7-17-9-12(13)15(19-14)16(20)21/h2-5,17H,6-9H2,1H3,(H,20,21). The summed E-state index contributed by atoms with van der Waals surface area (Å²) in [5, 5.41) is 12.5. The van der Waals surface area contributed by atoms with Gasteiger partial charge in [0, 0.05) is 31.5 Å². The van der Waals surface area contributed by atoms with Gasteiger partial charge in [-0.1, -0.05) is 29.8 Å². The molecule has 2 aromatic rings. The minimum absolute atomic E-state index is 0.134. The molecule has 2 heterocycles. The van der Waals surface area contributed by atoms with Gasteiger partial charge in [0.25, 0.3) is 0 Å². The molecule has 0 fully saturated rings. The summed E-state index contributed by atoms with van der Waals surface area (Å²) in [4.78, 5) is 20.2. The molecular weight excluding hydrogens is 266 g/mol. The molecule has 5 heteroatoms. The van der Waals surface area contributed by atoms with Crippen LogP contribution in [0.2, 0.25) is 0 Å². The molecule has 5 nitrogen and oxygen atoms in total. The van der Waals surface area contributed by atoms with Crippen molar-refractivity contribution in [3.63, 3.8) is 0 Å². The second-order valence-corrected chi connectivity index (χ2v) is 5.31. The Morgan fingerprint density at radius 1 is 1.29 bits per heavy atom. The smallest absolute Gasteiger partial charge is 0.354 e. The normalized spacial score (nSPS) is 13.8. The number of benzene rings is 1. The van der Waals surface area contributed by atoms with Crippen LogP contribution in [0.4, 0.5) is 0 Å². The lowest BCUT2D eigenvalue weighted by Gasteiger charge is -2.18. The second-order valence-electron chi connectivity index (χ2n) is 5.31. The largest absolute Gasteiger partial charge is 0.476 e. The fraction of sp³-hybridized carbons (Fsp3) is 0.312. The van der Waals surface area contributed by atoms with Gasteiger partial charge in [0.1, 0.15) is 5.82 Å². The molecule has 108 valence electrons. The van der Waals surface area contributed by atoms with Crippen molar-refractivity contribution in [3.8, 4) is 0 Å². The number of nitrogens with one attached hydrogen (secondary N) is 1. The molecule has 0 bridgehead atoms. The Morgan fingerprint density at radius 2 is 2.05 bits per heavy atom. The molecule has 3 rings (SSSR count). The number of carboxylic acid groups (broad SMARTS) is 1. The molecule has 0 atom stereocenters. The van der Waals surface area contributed by atoms with Crippen molar-refractivity contribution in [1.29, 1.82) is 0 Å². The monoisotopic (exact) mass is 283 g/mol. The quantitative estimate of drug-likeness (QED) is 0.897. The Hall–Kier alpha value is -2.27. The predicted molar refractivity (Wildman–Crippen MR) is 78.4 cm³/mol. The van der Waals surface area contributed by atoms with Gasteiger partial charge in [-0.05, 0) is 12.5 Å². The highest BCUT2D eigenvalue weighted by Gasteiger charge is 2.21. The molecule has 0 aliphatic carbocycles. The van der Waals surface area contributed by atoms with Gasteiger partial charge in [-0.15, -0.1) is 0 Å². The molecule has 0 saturated heterocycles. The van der Waals surface area contributed by atoms with Crippen molar-refractivity contribution in [3.05, 3.63) is 58.2 Å². The fourth-order valence-corrected chi connectivity index (χ4v) is 2.54. The Labute approximate surface area is 123 Å². The highest BCUT2D eigenvalue weighted by Crippen LogP contribution is 2.17. The Kier molecular flexibility index (Phi) is 3.66. The Balaban J connectivity index is 1.97. The van der Waals surface area contributed by atoms with Crippen molar-refractivity contribution in [1.82, 2.24) is 15.3 Å². The van der Waals surface area contributed by atoms with Crippen LogP contribution < -0.4 is 5.32 Å². The zero-order chi connectivity index (χ0) is 14.8. The molecule has 0 amide bonds. The number of rotatable bonds is 3. The van der Waals surface area contributed by atoms with Crippen LogP contribution in [0.25, 0.3) is 0 Å². The van der Waals surface area contributed by atoms with Crippen molar-refractivity contribution in [2.75, 3.05) is 6.54 Å².